The third kappa shape index (κ3) is 4.75. The third-order valence-electron chi connectivity index (χ3n) is 6.52. The van der Waals surface area contributed by atoms with Gasteiger partial charge in [-0.25, -0.2) is 4.68 Å². The summed E-state index contributed by atoms with van der Waals surface area (Å²) in [5.41, 5.74) is 2.34. The second-order valence-electron chi connectivity index (χ2n) is 8.82. The zero-order valence-corrected chi connectivity index (χ0v) is 19.1. The van der Waals surface area contributed by atoms with Gasteiger partial charge in [-0.15, -0.1) is 11.3 Å². The van der Waals surface area contributed by atoms with Crippen molar-refractivity contribution < 1.29 is 9.59 Å². The van der Waals surface area contributed by atoms with Crippen molar-refractivity contribution in [2.24, 2.45) is 5.92 Å². The smallest absolute Gasteiger partial charge is 0.267 e. The van der Waals surface area contributed by atoms with E-state index in [1.807, 2.05) is 46.7 Å². The minimum Gasteiger partial charge on any atom is -0.352 e. The van der Waals surface area contributed by atoms with Gasteiger partial charge in [-0.1, -0.05) is 24.3 Å². The first-order valence-electron chi connectivity index (χ1n) is 11.4. The molecule has 2 aliphatic rings. The number of nitrogens with one attached hydrogen (secondary N) is 1. The topological polar surface area (TPSA) is 84.3 Å². The zero-order chi connectivity index (χ0) is 22.8. The molecule has 170 valence electrons. The number of aromatic nitrogens is 2. The highest BCUT2D eigenvalue weighted by atomic mass is 32.1. The predicted octanol–water partition coefficient (Wildman–Crippen LogP) is 3.30. The van der Waals surface area contributed by atoms with Crippen molar-refractivity contribution in [1.82, 2.24) is 20.0 Å². The first-order chi connectivity index (χ1) is 16.1. The highest BCUT2D eigenvalue weighted by Crippen LogP contribution is 2.29. The van der Waals surface area contributed by atoms with Crippen LogP contribution in [0.4, 0.5) is 0 Å². The molecule has 0 bridgehead atoms. The van der Waals surface area contributed by atoms with Crippen LogP contribution in [0.15, 0.2) is 58.7 Å². The van der Waals surface area contributed by atoms with Crippen molar-refractivity contribution in [2.75, 3.05) is 6.54 Å². The van der Waals surface area contributed by atoms with Crippen LogP contribution < -0.4 is 10.9 Å². The van der Waals surface area contributed by atoms with Crippen LogP contribution in [-0.2, 0) is 17.9 Å². The van der Waals surface area contributed by atoms with Crippen molar-refractivity contribution >= 4 is 23.2 Å². The first kappa shape index (κ1) is 21.6. The first-order valence-corrected chi connectivity index (χ1v) is 12.2. The van der Waals surface area contributed by atoms with Crippen LogP contribution in [0.5, 0.6) is 0 Å². The molecule has 0 spiro atoms. The maximum Gasteiger partial charge on any atom is 0.267 e. The average Bonchev–Trinajstić information content (AvgIpc) is 3.46. The van der Waals surface area contributed by atoms with E-state index in [-0.39, 0.29) is 30.0 Å². The lowest BCUT2D eigenvalue weighted by molar-refractivity contribution is -0.122. The highest BCUT2D eigenvalue weighted by Gasteiger charge is 2.30. The molecule has 2 aromatic heterocycles. The number of nitrogens with zero attached hydrogens (tertiary/aromatic N) is 3. The fourth-order valence-electron chi connectivity index (χ4n) is 4.79. The van der Waals surface area contributed by atoms with E-state index in [0.29, 0.717) is 18.2 Å². The summed E-state index contributed by atoms with van der Waals surface area (Å²) in [5.74, 6) is 0.383. The van der Waals surface area contributed by atoms with Gasteiger partial charge in [0.25, 0.3) is 11.5 Å². The number of hydrogen-bond acceptors (Lipinski definition) is 5. The molecule has 8 heteroatoms. The number of rotatable bonds is 6. The van der Waals surface area contributed by atoms with Crippen molar-refractivity contribution in [1.29, 1.82) is 0 Å². The summed E-state index contributed by atoms with van der Waals surface area (Å²) < 4.78 is 1.23. The number of carbonyl (C=O) groups is 2. The molecule has 7 nitrogen and oxygen atoms in total. The lowest BCUT2D eigenvalue weighted by Gasteiger charge is -2.31. The Morgan fingerprint density at radius 2 is 1.85 bits per heavy atom. The van der Waals surface area contributed by atoms with E-state index in [0.717, 1.165) is 48.2 Å². The van der Waals surface area contributed by atoms with Gasteiger partial charge >= 0.3 is 0 Å². The molecule has 1 aliphatic carbocycles. The molecule has 0 unspecified atom stereocenters. The summed E-state index contributed by atoms with van der Waals surface area (Å²) in [6.45, 7) is 1.37. The van der Waals surface area contributed by atoms with Crippen LogP contribution in [0, 0.1) is 5.92 Å². The summed E-state index contributed by atoms with van der Waals surface area (Å²) >= 11 is 1.54. The number of fused-ring (bicyclic) bond motifs is 1. The Kier molecular flexibility index (Phi) is 6.09. The number of carbonyl (C=O) groups excluding carboxylic acids is 2. The van der Waals surface area contributed by atoms with Crippen LogP contribution in [0.2, 0.25) is 0 Å². The molecule has 0 radical (unpaired) electrons. The molecule has 1 aliphatic heterocycles. The van der Waals surface area contributed by atoms with Gasteiger partial charge in [0.1, 0.15) is 12.2 Å². The quantitative estimate of drug-likeness (QED) is 0.609. The van der Waals surface area contributed by atoms with Crippen LogP contribution in [0.1, 0.15) is 41.6 Å². The van der Waals surface area contributed by atoms with Gasteiger partial charge < -0.3 is 10.2 Å². The third-order valence-corrected chi connectivity index (χ3v) is 7.41. The Bertz CT molecular complexity index is 1210. The van der Waals surface area contributed by atoms with Crippen molar-refractivity contribution in [3.63, 3.8) is 0 Å². The molecule has 2 amide bonds. The number of thiophene rings is 1. The summed E-state index contributed by atoms with van der Waals surface area (Å²) in [6, 6.07) is 14.9. The van der Waals surface area contributed by atoms with E-state index < -0.39 is 0 Å². The molecule has 3 aromatic rings. The van der Waals surface area contributed by atoms with Gasteiger partial charge in [-0.3, -0.25) is 14.4 Å². The zero-order valence-electron chi connectivity index (χ0n) is 18.3. The van der Waals surface area contributed by atoms with Gasteiger partial charge in [-0.05, 0) is 60.7 Å². The summed E-state index contributed by atoms with van der Waals surface area (Å²) in [6.07, 6.45) is 3.69. The molecule has 1 aromatic carbocycles. The molecule has 3 heterocycles. The van der Waals surface area contributed by atoms with Crippen molar-refractivity contribution in [3.8, 4) is 10.6 Å². The highest BCUT2D eigenvalue weighted by molar-refractivity contribution is 7.13. The molecule has 33 heavy (non-hydrogen) atoms. The average molecular weight is 463 g/mol. The molecule has 1 N–H and O–H groups in total. The number of amides is 2. The van der Waals surface area contributed by atoms with Crippen LogP contribution in [-0.4, -0.2) is 39.1 Å². The van der Waals surface area contributed by atoms with E-state index in [4.69, 9.17) is 0 Å². The molecule has 1 fully saturated rings. The molecule has 1 saturated carbocycles. The largest absolute Gasteiger partial charge is 0.352 e. The molecular weight excluding hydrogens is 436 g/mol. The monoisotopic (exact) mass is 462 g/mol. The van der Waals surface area contributed by atoms with Gasteiger partial charge in [0.05, 0.1) is 4.88 Å². The van der Waals surface area contributed by atoms with Crippen LogP contribution in [0.3, 0.4) is 0 Å². The molecule has 0 atom stereocenters. The Labute approximate surface area is 196 Å². The van der Waals surface area contributed by atoms with Crippen molar-refractivity contribution in [2.45, 2.75) is 44.8 Å². The minimum absolute atomic E-state index is 0.0848. The number of benzene rings is 1. The van der Waals surface area contributed by atoms with Crippen molar-refractivity contribution in [3.05, 3.63) is 75.4 Å². The molecule has 0 saturated heterocycles. The van der Waals surface area contributed by atoms with Gasteiger partial charge in [0.2, 0.25) is 5.91 Å². The lowest BCUT2D eigenvalue weighted by atomic mass is 9.85. The van der Waals surface area contributed by atoms with Crippen LogP contribution >= 0.6 is 11.3 Å². The summed E-state index contributed by atoms with van der Waals surface area (Å²) in [4.78, 5) is 40.3. The lowest BCUT2D eigenvalue weighted by Crippen LogP contribution is -2.42. The second kappa shape index (κ2) is 9.31. The second-order valence-corrected chi connectivity index (χ2v) is 9.77. The Morgan fingerprint density at radius 3 is 2.61 bits per heavy atom. The Hall–Kier alpha value is -3.26. The van der Waals surface area contributed by atoms with E-state index in [2.05, 4.69) is 10.4 Å². The van der Waals surface area contributed by atoms with E-state index in [9.17, 15) is 14.4 Å². The predicted molar refractivity (Wildman–Crippen MR) is 127 cm³/mol. The fourth-order valence-corrected chi connectivity index (χ4v) is 5.48. The van der Waals surface area contributed by atoms with Gasteiger partial charge in [-0.2, -0.15) is 5.10 Å². The molecule has 5 rings (SSSR count). The van der Waals surface area contributed by atoms with E-state index in [1.54, 1.807) is 17.4 Å². The molecular formula is C25H26N4O3S. The SMILES string of the molecule is O=C(Cn1nc(-c2cccs2)ccc1=O)NC1CCC(CN2Cc3ccccc3C2=O)CC1. The van der Waals surface area contributed by atoms with E-state index >= 15 is 0 Å². The fraction of sp³-hybridized carbons (Fsp3) is 0.360. The maximum absolute atomic E-state index is 12.6. The summed E-state index contributed by atoms with van der Waals surface area (Å²) in [7, 11) is 0. The van der Waals surface area contributed by atoms with Crippen LogP contribution in [0.25, 0.3) is 10.6 Å². The van der Waals surface area contributed by atoms with Gasteiger partial charge in [0.15, 0.2) is 0 Å². The minimum atomic E-state index is -0.287. The Morgan fingerprint density at radius 1 is 1.03 bits per heavy atom. The van der Waals surface area contributed by atoms with Gasteiger partial charge in [0, 0.05) is 30.8 Å². The normalized spacial score (nSPS) is 20.0. The number of hydrogen-bond donors (Lipinski definition) is 1. The van der Waals surface area contributed by atoms with E-state index in [1.165, 1.54) is 10.7 Å². The Balaban J connectivity index is 1.12. The standard InChI is InChI=1S/C25H26N4O3S/c30-23(16-29-24(31)12-11-21(27-29)22-6-3-13-33-22)26-19-9-7-17(8-10-19)14-28-15-18-4-1-2-5-20(18)25(28)32/h1-6,11-13,17,19H,7-10,14-16H2,(H,26,30). The maximum atomic E-state index is 12.6. The summed E-state index contributed by atoms with van der Waals surface area (Å²) in [5, 5.41) is 9.38.